The van der Waals surface area contributed by atoms with E-state index >= 15 is 0 Å². The predicted molar refractivity (Wildman–Crippen MR) is 68.4 cm³/mol. The summed E-state index contributed by atoms with van der Waals surface area (Å²) in [4.78, 5) is 0. The molecule has 0 atom stereocenters. The second-order valence-electron chi connectivity index (χ2n) is 3.02. The summed E-state index contributed by atoms with van der Waals surface area (Å²) in [7, 11) is 0. The molecule has 3 heteroatoms. The third kappa shape index (κ3) is 2.02. The molecule has 0 aliphatic carbocycles. The van der Waals surface area contributed by atoms with Gasteiger partial charge in [0, 0.05) is 13.4 Å². The number of hydrogen-bond acceptors (Lipinski definition) is 0. The minimum atomic E-state index is 1.07. The SMILES string of the molecule is CCc1c(C)c(Br)c(Br)c(Br)c1C. The standard InChI is InChI=1S/C10H11Br3/c1-4-7-5(2)8(11)10(13)9(12)6(7)3/h4H2,1-3H3. The van der Waals surface area contributed by atoms with Crippen LogP contribution >= 0.6 is 47.8 Å². The highest BCUT2D eigenvalue weighted by Crippen LogP contribution is 2.38. The van der Waals surface area contributed by atoms with E-state index in [2.05, 4.69) is 68.6 Å². The molecule has 0 saturated heterocycles. The van der Waals surface area contributed by atoms with Gasteiger partial charge in [0.15, 0.2) is 0 Å². The summed E-state index contributed by atoms with van der Waals surface area (Å²) in [6.07, 6.45) is 1.07. The molecule has 1 rings (SSSR count). The molecule has 72 valence electrons. The molecular formula is C10H11Br3. The third-order valence-electron chi connectivity index (χ3n) is 2.30. The average Bonchev–Trinajstić information content (AvgIpc) is 2.13. The summed E-state index contributed by atoms with van der Waals surface area (Å²) in [5, 5.41) is 0. The molecule has 0 spiro atoms. The molecule has 1 aromatic carbocycles. The Kier molecular flexibility index (Phi) is 4.02. The molecule has 0 aliphatic rings. The van der Waals surface area contributed by atoms with E-state index in [-0.39, 0.29) is 0 Å². The van der Waals surface area contributed by atoms with E-state index in [1.54, 1.807) is 0 Å². The van der Waals surface area contributed by atoms with Crippen LogP contribution in [0.1, 0.15) is 23.6 Å². The van der Waals surface area contributed by atoms with Gasteiger partial charge in [0.2, 0.25) is 0 Å². The number of rotatable bonds is 1. The lowest BCUT2D eigenvalue weighted by Crippen LogP contribution is -1.95. The molecule has 0 amide bonds. The highest BCUT2D eigenvalue weighted by atomic mass is 79.9. The molecule has 0 heterocycles. The van der Waals surface area contributed by atoms with E-state index < -0.39 is 0 Å². The van der Waals surface area contributed by atoms with Gasteiger partial charge in [0.05, 0.1) is 0 Å². The summed E-state index contributed by atoms with van der Waals surface area (Å²) >= 11 is 10.7. The summed E-state index contributed by atoms with van der Waals surface area (Å²) in [5.74, 6) is 0. The van der Waals surface area contributed by atoms with Crippen LogP contribution in [0.25, 0.3) is 0 Å². The monoisotopic (exact) mass is 368 g/mol. The lowest BCUT2D eigenvalue weighted by molar-refractivity contribution is 1.06. The second-order valence-corrected chi connectivity index (χ2v) is 5.40. The average molecular weight is 371 g/mol. The topological polar surface area (TPSA) is 0 Å². The summed E-state index contributed by atoms with van der Waals surface area (Å²) in [6.45, 7) is 6.47. The van der Waals surface area contributed by atoms with Gasteiger partial charge in [-0.3, -0.25) is 0 Å². The Morgan fingerprint density at radius 3 is 1.54 bits per heavy atom. The van der Waals surface area contributed by atoms with Crippen LogP contribution < -0.4 is 0 Å². The van der Waals surface area contributed by atoms with Crippen molar-refractivity contribution in [2.24, 2.45) is 0 Å². The van der Waals surface area contributed by atoms with Gasteiger partial charge in [-0.2, -0.15) is 0 Å². The predicted octanol–water partition coefficient (Wildman–Crippen LogP) is 5.15. The highest BCUT2D eigenvalue weighted by Gasteiger charge is 2.13. The van der Waals surface area contributed by atoms with Crippen molar-refractivity contribution < 1.29 is 0 Å². The largest absolute Gasteiger partial charge is 0.0613 e. The maximum absolute atomic E-state index is 3.58. The fourth-order valence-electron chi connectivity index (χ4n) is 1.50. The van der Waals surface area contributed by atoms with Crippen LogP contribution in [0.4, 0.5) is 0 Å². The lowest BCUT2D eigenvalue weighted by atomic mass is 10.0. The third-order valence-corrected chi connectivity index (χ3v) is 6.14. The van der Waals surface area contributed by atoms with Crippen LogP contribution in [0.2, 0.25) is 0 Å². The first-order valence-corrected chi connectivity index (χ1v) is 6.51. The van der Waals surface area contributed by atoms with Gasteiger partial charge in [-0.25, -0.2) is 0 Å². The van der Waals surface area contributed by atoms with Gasteiger partial charge in [0.1, 0.15) is 0 Å². The molecular weight excluding hydrogens is 360 g/mol. The smallest absolute Gasteiger partial charge is 0.0465 e. The molecule has 0 aromatic heterocycles. The van der Waals surface area contributed by atoms with Crippen LogP contribution in [0.5, 0.6) is 0 Å². The molecule has 0 saturated carbocycles. The van der Waals surface area contributed by atoms with Crippen molar-refractivity contribution >= 4 is 47.8 Å². The normalized spacial score (nSPS) is 10.6. The summed E-state index contributed by atoms with van der Waals surface area (Å²) in [6, 6.07) is 0. The first-order chi connectivity index (χ1) is 6.00. The second kappa shape index (κ2) is 4.45. The Bertz CT molecular complexity index is 314. The molecule has 0 unspecified atom stereocenters. The fraction of sp³-hybridized carbons (Fsp3) is 0.400. The molecule has 0 fully saturated rings. The van der Waals surface area contributed by atoms with Crippen molar-refractivity contribution in [3.05, 3.63) is 30.1 Å². The van der Waals surface area contributed by atoms with E-state index in [0.717, 1.165) is 19.8 Å². The zero-order valence-corrected chi connectivity index (χ0v) is 12.6. The van der Waals surface area contributed by atoms with Gasteiger partial charge in [-0.05, 0) is 84.7 Å². The van der Waals surface area contributed by atoms with Crippen LogP contribution in [-0.4, -0.2) is 0 Å². The minimum Gasteiger partial charge on any atom is -0.0613 e. The zero-order chi connectivity index (χ0) is 10.2. The maximum atomic E-state index is 3.58. The Balaban J connectivity index is 3.56. The lowest BCUT2D eigenvalue weighted by Gasteiger charge is -2.14. The van der Waals surface area contributed by atoms with Gasteiger partial charge >= 0.3 is 0 Å². The highest BCUT2D eigenvalue weighted by molar-refractivity contribution is 9.14. The minimum absolute atomic E-state index is 1.07. The molecule has 0 nitrogen and oxygen atoms in total. The van der Waals surface area contributed by atoms with Gasteiger partial charge in [-0.1, -0.05) is 6.92 Å². The summed E-state index contributed by atoms with van der Waals surface area (Å²) < 4.78 is 3.42. The molecule has 13 heavy (non-hydrogen) atoms. The number of benzene rings is 1. The molecule has 1 aromatic rings. The maximum Gasteiger partial charge on any atom is 0.0465 e. The van der Waals surface area contributed by atoms with Crippen LogP contribution in [0.15, 0.2) is 13.4 Å². The fourth-order valence-corrected chi connectivity index (χ4v) is 3.24. The molecule has 0 N–H and O–H groups in total. The number of halogens is 3. The zero-order valence-electron chi connectivity index (χ0n) is 7.84. The Morgan fingerprint density at radius 1 is 0.846 bits per heavy atom. The van der Waals surface area contributed by atoms with E-state index in [0.29, 0.717) is 0 Å². The first-order valence-electron chi connectivity index (χ1n) is 4.13. The van der Waals surface area contributed by atoms with Crippen molar-refractivity contribution in [2.45, 2.75) is 27.2 Å². The van der Waals surface area contributed by atoms with E-state index in [1.165, 1.54) is 16.7 Å². The van der Waals surface area contributed by atoms with Gasteiger partial charge in [-0.15, -0.1) is 0 Å². The Hall–Kier alpha value is 0.660. The first kappa shape index (κ1) is 11.7. The summed E-state index contributed by atoms with van der Waals surface area (Å²) in [5.41, 5.74) is 4.08. The quantitative estimate of drug-likeness (QED) is 0.599. The van der Waals surface area contributed by atoms with Crippen molar-refractivity contribution in [2.75, 3.05) is 0 Å². The van der Waals surface area contributed by atoms with E-state index in [4.69, 9.17) is 0 Å². The molecule has 0 aliphatic heterocycles. The molecule has 0 radical (unpaired) electrons. The van der Waals surface area contributed by atoms with Gasteiger partial charge < -0.3 is 0 Å². The van der Waals surface area contributed by atoms with Gasteiger partial charge in [0.25, 0.3) is 0 Å². The van der Waals surface area contributed by atoms with Crippen molar-refractivity contribution in [3.8, 4) is 0 Å². The Labute approximate surface area is 104 Å². The van der Waals surface area contributed by atoms with Crippen LogP contribution in [0.3, 0.4) is 0 Å². The van der Waals surface area contributed by atoms with Crippen LogP contribution in [-0.2, 0) is 6.42 Å². The number of hydrogen-bond donors (Lipinski definition) is 0. The van der Waals surface area contributed by atoms with E-state index in [9.17, 15) is 0 Å². The van der Waals surface area contributed by atoms with Crippen molar-refractivity contribution in [1.29, 1.82) is 0 Å². The van der Waals surface area contributed by atoms with E-state index in [1.807, 2.05) is 0 Å². The van der Waals surface area contributed by atoms with Crippen molar-refractivity contribution in [3.63, 3.8) is 0 Å². The molecule has 0 bridgehead atoms. The Morgan fingerprint density at radius 2 is 1.23 bits per heavy atom. The van der Waals surface area contributed by atoms with Crippen LogP contribution in [0, 0.1) is 13.8 Å². The van der Waals surface area contributed by atoms with Crippen molar-refractivity contribution in [1.82, 2.24) is 0 Å².